The number of aliphatic imine (C=N–C) groups is 1. The summed E-state index contributed by atoms with van der Waals surface area (Å²) in [6.45, 7) is 2.53. The van der Waals surface area contributed by atoms with Crippen LogP contribution in [0.5, 0.6) is 0 Å². The number of carbonyl (C=O) groups excluding carboxylic acids is 1. The molecule has 0 saturated carbocycles. The number of carbonyl (C=O) groups is 1. The first-order valence-corrected chi connectivity index (χ1v) is 9.87. The summed E-state index contributed by atoms with van der Waals surface area (Å²) in [6.07, 6.45) is 5.85. The molecule has 2 aromatic rings. The fourth-order valence-corrected chi connectivity index (χ4v) is 4.44. The van der Waals surface area contributed by atoms with Gasteiger partial charge < -0.3 is 16.0 Å². The second-order valence-corrected chi connectivity index (χ2v) is 7.91. The number of halogens is 1. The van der Waals surface area contributed by atoms with Crippen LogP contribution in [0.3, 0.4) is 0 Å². The van der Waals surface area contributed by atoms with E-state index >= 15 is 0 Å². The summed E-state index contributed by atoms with van der Waals surface area (Å²) < 4.78 is 1.84. The van der Waals surface area contributed by atoms with Crippen molar-refractivity contribution in [3.63, 3.8) is 0 Å². The molecule has 2 heterocycles. The number of aryl methyl sites for hydroxylation is 3. The molecule has 1 fully saturated rings. The number of anilines is 1. The van der Waals surface area contributed by atoms with Crippen LogP contribution >= 0.6 is 24.0 Å². The zero-order chi connectivity index (χ0) is 19.8. The van der Waals surface area contributed by atoms with Crippen molar-refractivity contribution in [3.8, 4) is 0 Å². The molecule has 4 rings (SSSR count). The Morgan fingerprint density at radius 3 is 2.79 bits per heavy atom. The van der Waals surface area contributed by atoms with E-state index in [2.05, 4.69) is 33.6 Å². The van der Waals surface area contributed by atoms with Crippen molar-refractivity contribution in [3.05, 3.63) is 46.8 Å². The molecule has 0 unspecified atom stereocenters. The van der Waals surface area contributed by atoms with E-state index in [-0.39, 0.29) is 41.8 Å². The van der Waals surface area contributed by atoms with E-state index in [9.17, 15) is 4.79 Å². The lowest BCUT2D eigenvalue weighted by Gasteiger charge is -2.24. The molecule has 2 atom stereocenters. The maximum absolute atomic E-state index is 12.3. The number of benzene rings is 1. The molecule has 0 radical (unpaired) electrons. The standard InChI is InChI=1S/C21H28N6O.HI/c1-13-18(12-24-27(13)3)20-16(10-19(28)26(20)2)11-23-21(22)25-17-8-7-14-5-4-6-15(14)9-17;/h7-9,12,16,20H,4-6,10-11H2,1-3H3,(H3,22,23,25);1H/t16-,20+;/m0./s1. The molecule has 0 spiro atoms. The highest BCUT2D eigenvalue weighted by Crippen LogP contribution is 2.38. The van der Waals surface area contributed by atoms with Crippen molar-refractivity contribution < 1.29 is 4.79 Å². The van der Waals surface area contributed by atoms with Gasteiger partial charge in [0.05, 0.1) is 12.2 Å². The van der Waals surface area contributed by atoms with Gasteiger partial charge in [-0.3, -0.25) is 14.5 Å². The van der Waals surface area contributed by atoms with Gasteiger partial charge in [-0.25, -0.2) is 0 Å². The van der Waals surface area contributed by atoms with Gasteiger partial charge in [-0.1, -0.05) is 6.07 Å². The number of nitrogens with zero attached hydrogens (tertiary/aromatic N) is 4. The van der Waals surface area contributed by atoms with Crippen LogP contribution in [0.25, 0.3) is 0 Å². The number of guanidine groups is 1. The van der Waals surface area contributed by atoms with Gasteiger partial charge in [0.15, 0.2) is 5.96 Å². The molecule has 1 aromatic heterocycles. The Morgan fingerprint density at radius 1 is 1.31 bits per heavy atom. The fourth-order valence-electron chi connectivity index (χ4n) is 4.44. The largest absolute Gasteiger partial charge is 0.370 e. The van der Waals surface area contributed by atoms with Gasteiger partial charge in [0.1, 0.15) is 0 Å². The predicted molar refractivity (Wildman–Crippen MR) is 126 cm³/mol. The van der Waals surface area contributed by atoms with Crippen molar-refractivity contribution in [1.82, 2.24) is 14.7 Å². The minimum atomic E-state index is -0.0160. The van der Waals surface area contributed by atoms with Crippen molar-refractivity contribution in [1.29, 1.82) is 0 Å². The van der Waals surface area contributed by atoms with E-state index in [1.54, 1.807) is 0 Å². The van der Waals surface area contributed by atoms with E-state index < -0.39 is 0 Å². The predicted octanol–water partition coefficient (Wildman–Crippen LogP) is 2.78. The van der Waals surface area contributed by atoms with Crippen LogP contribution in [0.2, 0.25) is 0 Å². The third-order valence-electron chi connectivity index (χ3n) is 6.15. The Hall–Kier alpha value is -2.10. The Morgan fingerprint density at radius 2 is 2.07 bits per heavy atom. The number of amides is 1. The molecule has 7 nitrogen and oxygen atoms in total. The number of aromatic nitrogens is 2. The molecule has 1 aromatic carbocycles. The highest BCUT2D eigenvalue weighted by atomic mass is 127. The highest BCUT2D eigenvalue weighted by molar-refractivity contribution is 14.0. The average molecular weight is 508 g/mol. The van der Waals surface area contributed by atoms with E-state index in [0.717, 1.165) is 29.8 Å². The van der Waals surface area contributed by atoms with Crippen LogP contribution in [-0.2, 0) is 24.7 Å². The van der Waals surface area contributed by atoms with Crippen LogP contribution < -0.4 is 11.1 Å². The number of likely N-dealkylation sites (tertiary alicyclic amines) is 1. The van der Waals surface area contributed by atoms with Gasteiger partial charge in [0.25, 0.3) is 0 Å². The van der Waals surface area contributed by atoms with Crippen LogP contribution in [0, 0.1) is 12.8 Å². The quantitative estimate of drug-likeness (QED) is 0.378. The lowest BCUT2D eigenvalue weighted by molar-refractivity contribution is -0.127. The van der Waals surface area contributed by atoms with Gasteiger partial charge >= 0.3 is 0 Å². The zero-order valence-corrected chi connectivity index (χ0v) is 19.5. The van der Waals surface area contributed by atoms with Crippen molar-refractivity contribution in [2.24, 2.45) is 23.7 Å². The second-order valence-electron chi connectivity index (χ2n) is 7.91. The first-order valence-electron chi connectivity index (χ1n) is 9.87. The number of rotatable bonds is 4. The number of fused-ring (bicyclic) bond motifs is 1. The molecule has 8 heteroatoms. The Balaban J connectivity index is 0.00000240. The third-order valence-corrected chi connectivity index (χ3v) is 6.15. The van der Waals surface area contributed by atoms with Crippen LogP contribution in [-0.4, -0.2) is 40.1 Å². The molecule has 1 amide bonds. The lowest BCUT2D eigenvalue weighted by Crippen LogP contribution is -2.27. The number of hydrogen-bond donors (Lipinski definition) is 2. The Bertz CT molecular complexity index is 937. The lowest BCUT2D eigenvalue weighted by atomic mass is 9.94. The van der Waals surface area contributed by atoms with Gasteiger partial charge in [-0.15, -0.1) is 24.0 Å². The molecule has 3 N–H and O–H groups in total. The van der Waals surface area contributed by atoms with Crippen LogP contribution in [0.4, 0.5) is 5.69 Å². The van der Waals surface area contributed by atoms with E-state index in [1.165, 1.54) is 17.5 Å². The minimum Gasteiger partial charge on any atom is -0.370 e. The van der Waals surface area contributed by atoms with Crippen molar-refractivity contribution in [2.75, 3.05) is 18.9 Å². The first kappa shape index (κ1) is 21.6. The molecular weight excluding hydrogens is 479 g/mol. The van der Waals surface area contributed by atoms with E-state index in [1.807, 2.05) is 36.8 Å². The Kier molecular flexibility index (Phi) is 6.50. The normalized spacial score (nSPS) is 21.3. The summed E-state index contributed by atoms with van der Waals surface area (Å²) in [5.41, 5.74) is 12.1. The van der Waals surface area contributed by atoms with Gasteiger partial charge in [0, 0.05) is 49.9 Å². The molecule has 0 bridgehead atoms. The third kappa shape index (κ3) is 4.26. The summed E-state index contributed by atoms with van der Waals surface area (Å²) >= 11 is 0. The first-order chi connectivity index (χ1) is 13.4. The number of nitrogens with two attached hydrogens (primary N) is 1. The fraction of sp³-hybridized carbons (Fsp3) is 0.476. The summed E-state index contributed by atoms with van der Waals surface area (Å²) in [4.78, 5) is 18.7. The van der Waals surface area contributed by atoms with E-state index in [4.69, 9.17) is 5.73 Å². The maximum atomic E-state index is 12.3. The molecule has 156 valence electrons. The summed E-state index contributed by atoms with van der Waals surface area (Å²) in [5.74, 6) is 0.612. The van der Waals surface area contributed by atoms with Crippen molar-refractivity contribution >= 4 is 41.5 Å². The van der Waals surface area contributed by atoms with Crippen LogP contribution in [0.15, 0.2) is 29.4 Å². The van der Waals surface area contributed by atoms with Gasteiger partial charge in [-0.05, 0) is 49.4 Å². The summed E-state index contributed by atoms with van der Waals surface area (Å²) in [6, 6.07) is 6.38. The second kappa shape index (κ2) is 8.73. The van der Waals surface area contributed by atoms with E-state index in [0.29, 0.717) is 18.9 Å². The molecular formula is C21H29IN6O. The summed E-state index contributed by atoms with van der Waals surface area (Å²) in [7, 11) is 3.77. The molecule has 2 aliphatic rings. The molecule has 1 saturated heterocycles. The molecule has 1 aliphatic heterocycles. The summed E-state index contributed by atoms with van der Waals surface area (Å²) in [5, 5.41) is 7.54. The highest BCUT2D eigenvalue weighted by Gasteiger charge is 2.39. The maximum Gasteiger partial charge on any atom is 0.223 e. The molecule has 1 aliphatic carbocycles. The number of nitrogens with one attached hydrogen (secondary N) is 1. The van der Waals surface area contributed by atoms with Gasteiger partial charge in [-0.2, -0.15) is 5.10 Å². The monoisotopic (exact) mass is 508 g/mol. The van der Waals surface area contributed by atoms with Crippen LogP contribution in [0.1, 0.15) is 41.3 Å². The molecule has 29 heavy (non-hydrogen) atoms. The average Bonchev–Trinajstić information content (AvgIpc) is 3.33. The SMILES string of the molecule is Cc1c([C@H]2[C@H](CN=C(N)Nc3ccc4c(c3)CCC4)CC(=O)N2C)cnn1C.I. The van der Waals surface area contributed by atoms with Crippen molar-refractivity contribution in [2.45, 2.75) is 38.6 Å². The zero-order valence-electron chi connectivity index (χ0n) is 17.2. The van der Waals surface area contributed by atoms with Gasteiger partial charge in [0.2, 0.25) is 5.91 Å². The topological polar surface area (TPSA) is 88.5 Å². The Labute approximate surface area is 188 Å². The minimum absolute atomic E-state index is 0. The smallest absolute Gasteiger partial charge is 0.223 e. The number of hydrogen-bond acceptors (Lipinski definition) is 3.